The normalized spacial score (nSPS) is 12.7. The summed E-state index contributed by atoms with van der Waals surface area (Å²) in [5.41, 5.74) is 7.64. The fourth-order valence-corrected chi connectivity index (χ4v) is 3.03. The Kier molecular flexibility index (Phi) is 5.78. The number of unbranched alkanes of at least 4 members (excludes halogenated alkanes) is 1. The molecule has 1 aromatic rings. The third-order valence-electron chi connectivity index (χ3n) is 3.49. The van der Waals surface area contributed by atoms with Gasteiger partial charge in [-0.05, 0) is 54.5 Å². The first-order valence-electron chi connectivity index (χ1n) is 7.28. The van der Waals surface area contributed by atoms with E-state index in [2.05, 4.69) is 26.8 Å². The minimum Gasteiger partial charge on any atom is -0.330 e. The smallest absolute Gasteiger partial charge is 0.178 e. The number of rotatable bonds is 6. The minimum atomic E-state index is -3.16. The molecule has 114 valence electrons. The number of hydrogen-bond donors (Lipinski definition) is 1. The Balaban J connectivity index is 3.22. The molecule has 0 aliphatic rings. The first-order valence-corrected chi connectivity index (χ1v) is 8.93. The second kappa shape index (κ2) is 6.72. The summed E-state index contributed by atoms with van der Waals surface area (Å²) in [5, 5.41) is 0. The van der Waals surface area contributed by atoms with E-state index < -0.39 is 9.84 Å². The van der Waals surface area contributed by atoms with E-state index in [1.54, 1.807) is 6.92 Å². The molecule has 2 N–H and O–H groups in total. The number of nitrogens with two attached hydrogens (primary N) is 1. The Morgan fingerprint density at radius 3 is 2.25 bits per heavy atom. The molecule has 0 amide bonds. The molecule has 0 radical (unpaired) electrons. The zero-order valence-electron chi connectivity index (χ0n) is 13.1. The lowest BCUT2D eigenvalue weighted by molar-refractivity contribution is 0.582. The molecular weight excluding hydrogens is 270 g/mol. The Bertz CT molecular complexity index is 542. The molecule has 0 aliphatic carbocycles. The number of hydrogen-bond acceptors (Lipinski definition) is 3. The van der Waals surface area contributed by atoms with Gasteiger partial charge in [-0.15, -0.1) is 0 Å². The van der Waals surface area contributed by atoms with Crippen molar-refractivity contribution in [2.24, 2.45) is 5.73 Å². The van der Waals surface area contributed by atoms with Crippen molar-refractivity contribution in [3.8, 4) is 0 Å². The predicted molar refractivity (Wildman–Crippen MR) is 84.9 cm³/mol. The van der Waals surface area contributed by atoms with Gasteiger partial charge in [0.05, 0.1) is 10.6 Å². The van der Waals surface area contributed by atoms with Crippen LogP contribution < -0.4 is 5.73 Å². The standard InChI is InChI=1S/C16H27NO2S/c1-5-20(18,19)15-11-13(8-6-7-9-17)10-14(12-15)16(2,3)4/h10-12H,5-9,17H2,1-4H3. The molecule has 0 bridgehead atoms. The number of benzene rings is 1. The molecule has 1 rings (SSSR count). The van der Waals surface area contributed by atoms with Crippen molar-refractivity contribution in [2.45, 2.75) is 57.3 Å². The van der Waals surface area contributed by atoms with Crippen molar-refractivity contribution in [3.63, 3.8) is 0 Å². The number of aryl methyl sites for hydroxylation is 1. The van der Waals surface area contributed by atoms with Crippen LogP contribution in [0.15, 0.2) is 23.1 Å². The van der Waals surface area contributed by atoms with Gasteiger partial charge in [0.2, 0.25) is 0 Å². The maximum atomic E-state index is 12.1. The molecule has 4 heteroatoms. The van der Waals surface area contributed by atoms with Crippen LogP contribution in [0.5, 0.6) is 0 Å². The van der Waals surface area contributed by atoms with Gasteiger partial charge < -0.3 is 5.73 Å². The van der Waals surface area contributed by atoms with Crippen molar-refractivity contribution in [3.05, 3.63) is 29.3 Å². The summed E-state index contributed by atoms with van der Waals surface area (Å²) in [6.45, 7) is 8.68. The Morgan fingerprint density at radius 2 is 1.75 bits per heavy atom. The average molecular weight is 297 g/mol. The molecule has 0 spiro atoms. The molecule has 0 heterocycles. The van der Waals surface area contributed by atoms with Crippen molar-refractivity contribution in [2.75, 3.05) is 12.3 Å². The van der Waals surface area contributed by atoms with Crippen LogP contribution in [0.1, 0.15) is 51.7 Å². The van der Waals surface area contributed by atoms with Crippen molar-refractivity contribution in [1.29, 1.82) is 0 Å². The van der Waals surface area contributed by atoms with Gasteiger partial charge in [0.25, 0.3) is 0 Å². The van der Waals surface area contributed by atoms with Crippen molar-refractivity contribution < 1.29 is 8.42 Å². The van der Waals surface area contributed by atoms with E-state index in [0.717, 1.165) is 30.4 Å². The summed E-state index contributed by atoms with van der Waals surface area (Å²) in [6, 6.07) is 5.78. The SMILES string of the molecule is CCS(=O)(=O)c1cc(CCCCN)cc(C(C)(C)C)c1. The van der Waals surface area contributed by atoms with Crippen LogP contribution in [0.25, 0.3) is 0 Å². The Morgan fingerprint density at radius 1 is 1.10 bits per heavy atom. The van der Waals surface area contributed by atoms with E-state index in [0.29, 0.717) is 11.4 Å². The maximum Gasteiger partial charge on any atom is 0.178 e. The zero-order valence-corrected chi connectivity index (χ0v) is 13.9. The molecular formula is C16H27NO2S. The molecule has 0 fully saturated rings. The highest BCUT2D eigenvalue weighted by atomic mass is 32.2. The summed E-state index contributed by atoms with van der Waals surface area (Å²) in [6.07, 6.45) is 2.85. The summed E-state index contributed by atoms with van der Waals surface area (Å²) in [4.78, 5) is 0.454. The van der Waals surface area contributed by atoms with Crippen molar-refractivity contribution in [1.82, 2.24) is 0 Å². The van der Waals surface area contributed by atoms with Gasteiger partial charge in [-0.1, -0.05) is 33.8 Å². The van der Waals surface area contributed by atoms with E-state index in [1.807, 2.05) is 12.1 Å². The maximum absolute atomic E-state index is 12.1. The third-order valence-corrected chi connectivity index (χ3v) is 5.21. The lowest BCUT2D eigenvalue weighted by Crippen LogP contribution is -2.14. The average Bonchev–Trinajstić information content (AvgIpc) is 2.37. The molecule has 0 aliphatic heterocycles. The largest absolute Gasteiger partial charge is 0.330 e. The van der Waals surface area contributed by atoms with Crippen LogP contribution in [0.3, 0.4) is 0 Å². The second-order valence-corrected chi connectivity index (χ2v) is 8.54. The molecule has 20 heavy (non-hydrogen) atoms. The predicted octanol–water partition coefficient (Wildman–Crippen LogP) is 3.06. The van der Waals surface area contributed by atoms with Crippen LogP contribution in [0, 0.1) is 0 Å². The molecule has 1 aromatic carbocycles. The van der Waals surface area contributed by atoms with Gasteiger partial charge in [0.1, 0.15) is 0 Å². The quantitative estimate of drug-likeness (QED) is 0.821. The molecule has 0 unspecified atom stereocenters. The summed E-state index contributed by atoms with van der Waals surface area (Å²) in [7, 11) is -3.16. The van der Waals surface area contributed by atoms with E-state index in [-0.39, 0.29) is 11.2 Å². The van der Waals surface area contributed by atoms with Crippen LogP contribution in [-0.4, -0.2) is 20.7 Å². The first kappa shape index (κ1) is 17.2. The summed E-state index contributed by atoms with van der Waals surface area (Å²) < 4.78 is 24.3. The zero-order chi connectivity index (χ0) is 15.4. The van der Waals surface area contributed by atoms with E-state index in [1.165, 1.54) is 0 Å². The lowest BCUT2D eigenvalue weighted by atomic mass is 9.86. The highest BCUT2D eigenvalue weighted by molar-refractivity contribution is 7.91. The third kappa shape index (κ3) is 4.60. The molecule has 3 nitrogen and oxygen atoms in total. The van der Waals surface area contributed by atoms with E-state index in [4.69, 9.17) is 5.73 Å². The van der Waals surface area contributed by atoms with Gasteiger partial charge >= 0.3 is 0 Å². The second-order valence-electron chi connectivity index (χ2n) is 6.26. The van der Waals surface area contributed by atoms with E-state index in [9.17, 15) is 8.42 Å². The van der Waals surface area contributed by atoms with Crippen LogP contribution in [-0.2, 0) is 21.7 Å². The van der Waals surface area contributed by atoms with Gasteiger partial charge in [-0.2, -0.15) is 0 Å². The molecule has 0 aromatic heterocycles. The summed E-state index contributed by atoms with van der Waals surface area (Å²) >= 11 is 0. The van der Waals surface area contributed by atoms with Crippen LogP contribution >= 0.6 is 0 Å². The highest BCUT2D eigenvalue weighted by Gasteiger charge is 2.19. The fourth-order valence-electron chi connectivity index (χ4n) is 2.06. The van der Waals surface area contributed by atoms with Gasteiger partial charge in [0, 0.05) is 0 Å². The topological polar surface area (TPSA) is 60.2 Å². The van der Waals surface area contributed by atoms with Gasteiger partial charge in [0.15, 0.2) is 9.84 Å². The molecule has 0 saturated heterocycles. The first-order chi connectivity index (χ1) is 9.20. The number of sulfone groups is 1. The van der Waals surface area contributed by atoms with Crippen molar-refractivity contribution >= 4 is 9.84 Å². The van der Waals surface area contributed by atoms with Crippen LogP contribution in [0.4, 0.5) is 0 Å². The lowest BCUT2D eigenvalue weighted by Gasteiger charge is -2.21. The molecule has 0 saturated carbocycles. The highest BCUT2D eigenvalue weighted by Crippen LogP contribution is 2.27. The monoisotopic (exact) mass is 297 g/mol. The minimum absolute atomic E-state index is 0.0537. The van der Waals surface area contributed by atoms with Crippen LogP contribution in [0.2, 0.25) is 0 Å². The van der Waals surface area contributed by atoms with E-state index >= 15 is 0 Å². The van der Waals surface area contributed by atoms with Gasteiger partial charge in [-0.25, -0.2) is 8.42 Å². The summed E-state index contributed by atoms with van der Waals surface area (Å²) in [5.74, 6) is 0.142. The Labute approximate surface area is 123 Å². The molecule has 0 atom stereocenters. The van der Waals surface area contributed by atoms with Gasteiger partial charge in [-0.3, -0.25) is 0 Å². The Hall–Kier alpha value is -0.870. The fraction of sp³-hybridized carbons (Fsp3) is 0.625.